The van der Waals surface area contributed by atoms with E-state index in [9.17, 15) is 4.79 Å². The lowest BCUT2D eigenvalue weighted by Crippen LogP contribution is -2.15. The number of carbonyl (C=O) groups excluding carboxylic acids is 1. The molecule has 0 aliphatic rings. The number of oxazole rings is 1. The van der Waals surface area contributed by atoms with Crippen LogP contribution in [0.1, 0.15) is 47.5 Å². The molecular weight excluding hydrogens is 282 g/mol. The molecule has 1 aromatic carbocycles. The van der Waals surface area contributed by atoms with Crippen LogP contribution in [0.2, 0.25) is 0 Å². The highest BCUT2D eigenvalue weighted by molar-refractivity contribution is 6.08. The highest BCUT2D eigenvalue weighted by Crippen LogP contribution is 2.27. The Morgan fingerprint density at radius 2 is 2.05 bits per heavy atom. The Morgan fingerprint density at radius 3 is 2.77 bits per heavy atom. The van der Waals surface area contributed by atoms with Gasteiger partial charge in [-0.05, 0) is 19.1 Å². The molecule has 1 amide bonds. The summed E-state index contributed by atoms with van der Waals surface area (Å²) in [5.74, 6) is 0.950. The van der Waals surface area contributed by atoms with Gasteiger partial charge in [0.2, 0.25) is 0 Å². The molecule has 114 valence electrons. The molecular formula is C16H17N3O3. The van der Waals surface area contributed by atoms with Crippen LogP contribution in [0.15, 0.2) is 27.1 Å². The Balaban J connectivity index is 1.99. The van der Waals surface area contributed by atoms with E-state index in [0.717, 1.165) is 0 Å². The maximum atomic E-state index is 12.6. The van der Waals surface area contributed by atoms with Gasteiger partial charge in [0.05, 0.1) is 11.4 Å². The van der Waals surface area contributed by atoms with Gasteiger partial charge in [-0.1, -0.05) is 25.1 Å². The predicted molar refractivity (Wildman–Crippen MR) is 82.0 cm³/mol. The number of nitrogens with one attached hydrogen (secondary N) is 1. The Hall–Kier alpha value is -2.63. The lowest BCUT2D eigenvalue weighted by Gasteiger charge is -2.07. The number of fused-ring (bicyclic) bond motifs is 1. The van der Waals surface area contributed by atoms with Crippen LogP contribution < -0.4 is 5.32 Å². The van der Waals surface area contributed by atoms with Crippen molar-refractivity contribution in [2.24, 2.45) is 0 Å². The normalized spacial score (nSPS) is 11.3. The smallest absolute Gasteiger partial charge is 0.261 e. The van der Waals surface area contributed by atoms with Crippen molar-refractivity contribution < 1.29 is 13.7 Å². The number of aryl methyl sites for hydroxylation is 2. The zero-order valence-corrected chi connectivity index (χ0v) is 12.9. The van der Waals surface area contributed by atoms with E-state index in [2.05, 4.69) is 15.5 Å². The van der Waals surface area contributed by atoms with Gasteiger partial charge in [0.1, 0.15) is 11.1 Å². The number of carbonyl (C=O) groups is 1. The molecule has 0 aliphatic heterocycles. The number of hydrogen-bond donors (Lipinski definition) is 1. The van der Waals surface area contributed by atoms with Crippen molar-refractivity contribution in [2.45, 2.75) is 33.6 Å². The lowest BCUT2D eigenvalue weighted by atomic mass is 10.0. The van der Waals surface area contributed by atoms with Crippen molar-refractivity contribution in [2.75, 3.05) is 5.32 Å². The highest BCUT2D eigenvalue weighted by Gasteiger charge is 2.23. The summed E-state index contributed by atoms with van der Waals surface area (Å²) in [5, 5.41) is 6.76. The Morgan fingerprint density at radius 1 is 1.27 bits per heavy atom. The number of amides is 1. The van der Waals surface area contributed by atoms with Gasteiger partial charge in [-0.25, -0.2) is 4.98 Å². The summed E-state index contributed by atoms with van der Waals surface area (Å²) >= 11 is 0. The third-order valence-electron chi connectivity index (χ3n) is 3.41. The van der Waals surface area contributed by atoms with Gasteiger partial charge in [0.25, 0.3) is 5.91 Å². The van der Waals surface area contributed by atoms with E-state index in [1.807, 2.05) is 26.0 Å². The average molecular weight is 299 g/mol. The summed E-state index contributed by atoms with van der Waals surface area (Å²) < 4.78 is 10.8. The average Bonchev–Trinajstić information content (AvgIpc) is 3.01. The largest absolute Gasteiger partial charge is 0.439 e. The summed E-state index contributed by atoms with van der Waals surface area (Å²) in [4.78, 5) is 16.9. The highest BCUT2D eigenvalue weighted by atomic mass is 16.5. The number of anilines is 1. The first-order valence-corrected chi connectivity index (χ1v) is 7.11. The Labute approximate surface area is 127 Å². The summed E-state index contributed by atoms with van der Waals surface area (Å²) in [7, 11) is 0. The standard InChI is InChI=1S/C16H17N3O3/c1-8(2)14-13(9(3)19-22-14)16(20)18-12-7-5-6-11-15(12)21-10(4)17-11/h5-8H,1-4H3,(H,18,20). The lowest BCUT2D eigenvalue weighted by molar-refractivity contribution is 0.102. The van der Waals surface area contributed by atoms with E-state index in [1.165, 1.54) is 0 Å². The zero-order valence-electron chi connectivity index (χ0n) is 12.9. The van der Waals surface area contributed by atoms with Crippen LogP contribution in [-0.4, -0.2) is 16.0 Å². The third-order valence-corrected chi connectivity index (χ3v) is 3.41. The molecule has 0 atom stereocenters. The van der Waals surface area contributed by atoms with Crippen molar-refractivity contribution in [1.29, 1.82) is 0 Å². The molecule has 22 heavy (non-hydrogen) atoms. The van der Waals surface area contributed by atoms with E-state index in [4.69, 9.17) is 8.94 Å². The van der Waals surface area contributed by atoms with E-state index in [0.29, 0.717) is 39.7 Å². The first kappa shape index (κ1) is 14.3. The van der Waals surface area contributed by atoms with Gasteiger partial charge >= 0.3 is 0 Å². The fourth-order valence-corrected chi connectivity index (χ4v) is 2.40. The Kier molecular flexibility index (Phi) is 3.44. The topological polar surface area (TPSA) is 81.2 Å². The zero-order chi connectivity index (χ0) is 15.9. The minimum Gasteiger partial charge on any atom is -0.439 e. The first-order chi connectivity index (χ1) is 10.5. The number of hydrogen-bond acceptors (Lipinski definition) is 5. The van der Waals surface area contributed by atoms with E-state index in [1.54, 1.807) is 19.9 Å². The van der Waals surface area contributed by atoms with Gasteiger partial charge in [-0.15, -0.1) is 0 Å². The monoisotopic (exact) mass is 299 g/mol. The maximum Gasteiger partial charge on any atom is 0.261 e. The minimum atomic E-state index is -0.260. The minimum absolute atomic E-state index is 0.0743. The van der Waals surface area contributed by atoms with Gasteiger partial charge in [0.15, 0.2) is 17.2 Å². The van der Waals surface area contributed by atoms with Crippen LogP contribution in [0.4, 0.5) is 5.69 Å². The maximum absolute atomic E-state index is 12.6. The van der Waals surface area contributed by atoms with Crippen molar-refractivity contribution in [1.82, 2.24) is 10.1 Å². The summed E-state index contributed by atoms with van der Waals surface area (Å²) in [5.41, 5.74) is 2.90. The molecule has 2 heterocycles. The number of rotatable bonds is 3. The molecule has 6 heteroatoms. The molecule has 2 aromatic heterocycles. The Bertz CT molecular complexity index is 846. The van der Waals surface area contributed by atoms with Gasteiger partial charge < -0.3 is 14.3 Å². The molecule has 0 spiro atoms. The van der Waals surface area contributed by atoms with Crippen molar-refractivity contribution in [3.63, 3.8) is 0 Å². The van der Waals surface area contributed by atoms with E-state index >= 15 is 0 Å². The molecule has 0 bridgehead atoms. The van der Waals surface area contributed by atoms with Crippen LogP contribution >= 0.6 is 0 Å². The second kappa shape index (κ2) is 5.29. The quantitative estimate of drug-likeness (QED) is 0.795. The van der Waals surface area contributed by atoms with Crippen LogP contribution in [0.25, 0.3) is 11.1 Å². The SMILES string of the molecule is Cc1nc2cccc(NC(=O)c3c(C)noc3C(C)C)c2o1. The molecule has 0 saturated heterocycles. The molecule has 0 aliphatic carbocycles. The molecule has 0 fully saturated rings. The predicted octanol–water partition coefficient (Wildman–Crippen LogP) is 3.81. The molecule has 0 unspecified atom stereocenters. The number of benzene rings is 1. The molecule has 0 saturated carbocycles. The summed E-state index contributed by atoms with van der Waals surface area (Å²) in [6.07, 6.45) is 0. The second-order valence-corrected chi connectivity index (χ2v) is 5.50. The number of para-hydroxylation sites is 1. The number of nitrogens with zero attached hydrogens (tertiary/aromatic N) is 2. The molecule has 3 rings (SSSR count). The third kappa shape index (κ3) is 2.36. The molecule has 1 N–H and O–H groups in total. The fraction of sp³-hybridized carbons (Fsp3) is 0.312. The van der Waals surface area contributed by atoms with Gasteiger partial charge in [-0.2, -0.15) is 0 Å². The van der Waals surface area contributed by atoms with Crippen molar-refractivity contribution >= 4 is 22.7 Å². The van der Waals surface area contributed by atoms with Gasteiger partial charge in [0, 0.05) is 12.8 Å². The molecule has 0 radical (unpaired) electrons. The summed E-state index contributed by atoms with van der Waals surface area (Å²) in [6, 6.07) is 5.44. The fourth-order valence-electron chi connectivity index (χ4n) is 2.40. The molecule has 3 aromatic rings. The second-order valence-electron chi connectivity index (χ2n) is 5.50. The van der Waals surface area contributed by atoms with E-state index < -0.39 is 0 Å². The van der Waals surface area contributed by atoms with Crippen LogP contribution in [-0.2, 0) is 0 Å². The van der Waals surface area contributed by atoms with Crippen LogP contribution in [0.5, 0.6) is 0 Å². The van der Waals surface area contributed by atoms with Crippen LogP contribution in [0, 0.1) is 13.8 Å². The number of aromatic nitrogens is 2. The van der Waals surface area contributed by atoms with Crippen LogP contribution in [0.3, 0.4) is 0 Å². The molecule has 6 nitrogen and oxygen atoms in total. The van der Waals surface area contributed by atoms with Crippen molar-refractivity contribution in [3.8, 4) is 0 Å². The van der Waals surface area contributed by atoms with Crippen molar-refractivity contribution in [3.05, 3.63) is 41.1 Å². The van der Waals surface area contributed by atoms with Gasteiger partial charge in [-0.3, -0.25) is 4.79 Å². The van der Waals surface area contributed by atoms with E-state index in [-0.39, 0.29) is 11.8 Å². The first-order valence-electron chi connectivity index (χ1n) is 7.11. The summed E-state index contributed by atoms with van der Waals surface area (Å²) in [6.45, 7) is 7.44.